The minimum absolute atomic E-state index is 0.0445. The number of hydrogen-bond donors (Lipinski definition) is 2. The molecule has 0 radical (unpaired) electrons. The quantitative estimate of drug-likeness (QED) is 0.303. The Morgan fingerprint density at radius 2 is 2.05 bits per heavy atom. The first-order valence-electron chi connectivity index (χ1n) is 12.5. The Hall–Kier alpha value is -2.96. The van der Waals surface area contributed by atoms with Gasteiger partial charge in [-0.3, -0.25) is 20.0 Å². The number of H-pyrrole nitrogens is 1. The minimum atomic E-state index is -3.65. The number of rotatable bonds is 11. The van der Waals surface area contributed by atoms with E-state index in [1.807, 2.05) is 42.6 Å². The third kappa shape index (κ3) is 5.97. The summed E-state index contributed by atoms with van der Waals surface area (Å²) in [6, 6.07) is 14.2. The average molecular weight is 538 g/mol. The van der Waals surface area contributed by atoms with Crippen molar-refractivity contribution >= 4 is 21.5 Å². The van der Waals surface area contributed by atoms with Gasteiger partial charge in [0.2, 0.25) is 0 Å². The summed E-state index contributed by atoms with van der Waals surface area (Å²) in [7, 11) is -3.65. The number of thiophene rings is 1. The number of benzene rings is 1. The lowest BCUT2D eigenvalue weighted by atomic mass is 10.1. The Labute approximate surface area is 221 Å². The highest BCUT2D eigenvalue weighted by Crippen LogP contribution is 2.32. The van der Waals surface area contributed by atoms with E-state index in [4.69, 9.17) is 0 Å². The van der Waals surface area contributed by atoms with Crippen molar-refractivity contribution in [2.24, 2.45) is 0 Å². The summed E-state index contributed by atoms with van der Waals surface area (Å²) in [5.74, 6) is 0. The maximum absolute atomic E-state index is 13.4. The van der Waals surface area contributed by atoms with Gasteiger partial charge in [-0.2, -0.15) is 17.8 Å². The van der Waals surface area contributed by atoms with Crippen LogP contribution < -0.4 is 4.72 Å². The minimum Gasteiger partial charge on any atom is -0.297 e. The number of aromatic amines is 1. The monoisotopic (exact) mass is 537 g/mol. The molecule has 0 unspecified atom stereocenters. The summed E-state index contributed by atoms with van der Waals surface area (Å²) >= 11 is 1.59. The highest BCUT2D eigenvalue weighted by molar-refractivity contribution is 7.87. The van der Waals surface area contributed by atoms with Crippen LogP contribution in [-0.2, 0) is 23.2 Å². The SMILES string of the molecule is CCN([C@@H]1CCN(Cc2ccccc2)C1)S(=O)(=O)NCCc1c(-c2cccs2)n[nH]c1-c1cnccn1. The summed E-state index contributed by atoms with van der Waals surface area (Å²) in [6.45, 7) is 5.02. The fourth-order valence-electron chi connectivity index (χ4n) is 4.91. The van der Waals surface area contributed by atoms with E-state index in [9.17, 15) is 8.42 Å². The molecular weight excluding hydrogens is 506 g/mol. The molecule has 1 aliphatic rings. The number of hydrogen-bond acceptors (Lipinski definition) is 7. The van der Waals surface area contributed by atoms with Crippen molar-refractivity contribution in [2.75, 3.05) is 26.2 Å². The fraction of sp³-hybridized carbons (Fsp3) is 0.346. The Balaban J connectivity index is 1.26. The molecular formula is C26H31N7O2S2. The molecule has 0 amide bonds. The first kappa shape index (κ1) is 25.7. The van der Waals surface area contributed by atoms with E-state index >= 15 is 0 Å². The molecule has 1 atom stereocenters. The third-order valence-corrected chi connectivity index (χ3v) is 9.24. The molecule has 2 N–H and O–H groups in total. The van der Waals surface area contributed by atoms with E-state index in [1.54, 1.807) is 34.2 Å². The van der Waals surface area contributed by atoms with Gasteiger partial charge in [-0.25, -0.2) is 4.72 Å². The fourth-order valence-corrected chi connectivity index (χ4v) is 7.08. The molecule has 5 rings (SSSR count). The number of likely N-dealkylation sites (tertiary alicyclic amines) is 1. The van der Waals surface area contributed by atoms with E-state index in [0.717, 1.165) is 47.9 Å². The van der Waals surface area contributed by atoms with Crippen molar-refractivity contribution < 1.29 is 8.42 Å². The van der Waals surface area contributed by atoms with Crippen LogP contribution in [0.1, 0.15) is 24.5 Å². The molecule has 4 heterocycles. The number of likely N-dealkylation sites (N-methyl/N-ethyl adjacent to an activating group) is 1. The molecule has 4 aromatic rings. The van der Waals surface area contributed by atoms with Crippen LogP contribution in [-0.4, -0.2) is 70.0 Å². The number of aromatic nitrogens is 4. The predicted molar refractivity (Wildman–Crippen MR) is 146 cm³/mol. The zero-order valence-corrected chi connectivity index (χ0v) is 22.4. The Bertz CT molecular complexity index is 1380. The second-order valence-corrected chi connectivity index (χ2v) is 11.7. The molecule has 3 aromatic heterocycles. The number of nitrogens with one attached hydrogen (secondary N) is 2. The van der Waals surface area contributed by atoms with Crippen LogP contribution >= 0.6 is 11.3 Å². The maximum Gasteiger partial charge on any atom is 0.279 e. The second-order valence-electron chi connectivity index (χ2n) is 9.01. The zero-order valence-electron chi connectivity index (χ0n) is 20.7. The van der Waals surface area contributed by atoms with Crippen molar-refractivity contribution in [1.82, 2.24) is 34.1 Å². The van der Waals surface area contributed by atoms with Gasteiger partial charge >= 0.3 is 0 Å². The van der Waals surface area contributed by atoms with E-state index < -0.39 is 10.2 Å². The Morgan fingerprint density at radius 3 is 2.78 bits per heavy atom. The van der Waals surface area contributed by atoms with E-state index in [1.165, 1.54) is 5.56 Å². The van der Waals surface area contributed by atoms with Gasteiger partial charge in [0, 0.05) is 56.7 Å². The summed E-state index contributed by atoms with van der Waals surface area (Å²) in [5.41, 5.74) is 4.41. The molecule has 0 spiro atoms. The lowest BCUT2D eigenvalue weighted by Gasteiger charge is -2.27. The van der Waals surface area contributed by atoms with Gasteiger partial charge in [0.25, 0.3) is 10.2 Å². The Kier molecular flexibility index (Phi) is 8.06. The summed E-state index contributed by atoms with van der Waals surface area (Å²) in [4.78, 5) is 11.9. The highest BCUT2D eigenvalue weighted by atomic mass is 32.2. The van der Waals surface area contributed by atoms with Gasteiger partial charge in [-0.1, -0.05) is 43.3 Å². The van der Waals surface area contributed by atoms with Crippen LogP contribution in [0, 0.1) is 0 Å². The normalized spacial score (nSPS) is 16.5. The van der Waals surface area contributed by atoms with Gasteiger partial charge in [0.05, 0.1) is 16.8 Å². The molecule has 0 bridgehead atoms. The molecule has 9 nitrogen and oxygen atoms in total. The van der Waals surface area contributed by atoms with Crippen molar-refractivity contribution in [3.63, 3.8) is 0 Å². The van der Waals surface area contributed by atoms with Crippen molar-refractivity contribution in [3.8, 4) is 22.0 Å². The largest absolute Gasteiger partial charge is 0.297 e. The molecule has 0 saturated carbocycles. The molecule has 11 heteroatoms. The second kappa shape index (κ2) is 11.6. The molecule has 1 fully saturated rings. The van der Waals surface area contributed by atoms with Crippen LogP contribution in [0.4, 0.5) is 0 Å². The van der Waals surface area contributed by atoms with Gasteiger partial charge in [-0.15, -0.1) is 11.3 Å². The van der Waals surface area contributed by atoms with Crippen molar-refractivity contribution in [2.45, 2.75) is 32.4 Å². The zero-order chi connectivity index (χ0) is 25.7. The molecule has 37 heavy (non-hydrogen) atoms. The number of nitrogens with zero attached hydrogens (tertiary/aromatic N) is 5. The smallest absolute Gasteiger partial charge is 0.279 e. The van der Waals surface area contributed by atoms with E-state index in [0.29, 0.717) is 18.7 Å². The third-order valence-electron chi connectivity index (χ3n) is 6.62. The first-order valence-corrected chi connectivity index (χ1v) is 14.8. The lowest BCUT2D eigenvalue weighted by molar-refractivity contribution is 0.284. The molecule has 1 aliphatic heterocycles. The van der Waals surface area contributed by atoms with Crippen LogP contribution in [0.5, 0.6) is 0 Å². The van der Waals surface area contributed by atoms with Crippen LogP contribution in [0.3, 0.4) is 0 Å². The van der Waals surface area contributed by atoms with Crippen LogP contribution in [0.15, 0.2) is 66.4 Å². The van der Waals surface area contributed by atoms with E-state index in [-0.39, 0.29) is 12.6 Å². The molecule has 0 aliphatic carbocycles. The van der Waals surface area contributed by atoms with Crippen molar-refractivity contribution in [3.05, 3.63) is 77.6 Å². The summed E-state index contributed by atoms with van der Waals surface area (Å²) in [6.07, 6.45) is 6.23. The summed E-state index contributed by atoms with van der Waals surface area (Å²) in [5, 5.41) is 9.62. The van der Waals surface area contributed by atoms with Crippen LogP contribution in [0.25, 0.3) is 22.0 Å². The van der Waals surface area contributed by atoms with E-state index in [2.05, 4.69) is 41.9 Å². The highest BCUT2D eigenvalue weighted by Gasteiger charge is 2.33. The molecule has 1 aromatic carbocycles. The maximum atomic E-state index is 13.4. The summed E-state index contributed by atoms with van der Waals surface area (Å²) < 4.78 is 31.2. The predicted octanol–water partition coefficient (Wildman–Crippen LogP) is 3.57. The van der Waals surface area contributed by atoms with Crippen LogP contribution in [0.2, 0.25) is 0 Å². The first-order chi connectivity index (χ1) is 18.0. The Morgan fingerprint density at radius 1 is 1.19 bits per heavy atom. The van der Waals surface area contributed by atoms with Gasteiger partial charge in [0.1, 0.15) is 11.4 Å². The van der Waals surface area contributed by atoms with Crippen molar-refractivity contribution in [1.29, 1.82) is 0 Å². The van der Waals surface area contributed by atoms with Gasteiger partial charge in [-0.05, 0) is 29.9 Å². The lowest BCUT2D eigenvalue weighted by Crippen LogP contribution is -2.48. The topological polar surface area (TPSA) is 107 Å². The average Bonchev–Trinajstić information content (AvgIpc) is 3.67. The molecule has 1 saturated heterocycles. The molecule has 194 valence electrons. The van der Waals surface area contributed by atoms with Gasteiger partial charge < -0.3 is 0 Å². The van der Waals surface area contributed by atoms with Gasteiger partial charge in [0.15, 0.2) is 0 Å². The standard InChI is InChI=1S/C26H31N7O2S2/c1-2-33(21-11-15-32(19-21)18-20-7-4-3-5-8-20)37(34,35)29-12-10-22-25(23-17-27-13-14-28-23)30-31-26(22)24-9-6-16-36-24/h3-9,13-14,16-17,21,29H,2,10-12,15,18-19H2,1H3,(H,30,31)/t21-/m1/s1.